The number of hydrogen-bond donors (Lipinski definition) is 0. The van der Waals surface area contributed by atoms with Crippen molar-refractivity contribution < 1.29 is 4.74 Å². The molecule has 0 aliphatic carbocycles. The summed E-state index contributed by atoms with van der Waals surface area (Å²) in [5.74, 6) is 2.39. The van der Waals surface area contributed by atoms with Crippen LogP contribution in [0.3, 0.4) is 0 Å². The smallest absolute Gasteiger partial charge is 0.191 e. The Kier molecular flexibility index (Phi) is 5.66. The van der Waals surface area contributed by atoms with Gasteiger partial charge in [-0.15, -0.1) is 21.5 Å². The number of halogens is 1. The fraction of sp³-hybridized carbons (Fsp3) is 0.150. The molecule has 2 aromatic carbocycles. The summed E-state index contributed by atoms with van der Waals surface area (Å²) >= 11 is 9.22. The van der Waals surface area contributed by atoms with Crippen molar-refractivity contribution in [1.82, 2.24) is 19.7 Å². The normalized spacial score (nSPS) is 11.0. The standard InChI is InChI=1S/C20H17ClN4OS2/c1-25-18(13-3-7-15(21)8-4-13)23-24-20(25)28-12-16-11-27-19(22-16)14-5-9-17(26-2)10-6-14/h3-11H,12H2,1-2H3. The summed E-state index contributed by atoms with van der Waals surface area (Å²) < 4.78 is 7.20. The molecule has 0 saturated carbocycles. The highest BCUT2D eigenvalue weighted by atomic mass is 35.5. The summed E-state index contributed by atoms with van der Waals surface area (Å²) in [5.41, 5.74) is 3.10. The number of thioether (sulfide) groups is 1. The summed E-state index contributed by atoms with van der Waals surface area (Å²) in [7, 11) is 3.63. The highest BCUT2D eigenvalue weighted by molar-refractivity contribution is 7.98. The van der Waals surface area contributed by atoms with E-state index in [1.54, 1.807) is 30.2 Å². The number of ether oxygens (including phenoxy) is 1. The van der Waals surface area contributed by atoms with Crippen LogP contribution in [0.4, 0.5) is 0 Å². The second kappa shape index (κ2) is 8.34. The molecular formula is C20H17ClN4OS2. The number of nitrogens with zero attached hydrogens (tertiary/aromatic N) is 4. The summed E-state index contributed by atoms with van der Waals surface area (Å²) in [6.45, 7) is 0. The molecule has 0 bridgehead atoms. The average molecular weight is 429 g/mol. The van der Waals surface area contributed by atoms with Crippen LogP contribution >= 0.6 is 34.7 Å². The van der Waals surface area contributed by atoms with Crippen molar-refractivity contribution >= 4 is 34.7 Å². The van der Waals surface area contributed by atoms with Crippen LogP contribution in [0.1, 0.15) is 5.69 Å². The van der Waals surface area contributed by atoms with Crippen molar-refractivity contribution in [3.63, 3.8) is 0 Å². The predicted molar refractivity (Wildman–Crippen MR) is 115 cm³/mol. The van der Waals surface area contributed by atoms with Crippen LogP contribution in [0.15, 0.2) is 59.1 Å². The molecule has 0 amide bonds. The first-order valence-corrected chi connectivity index (χ1v) is 10.8. The molecule has 4 aromatic rings. The van der Waals surface area contributed by atoms with E-state index < -0.39 is 0 Å². The molecule has 5 nitrogen and oxygen atoms in total. The van der Waals surface area contributed by atoms with Crippen molar-refractivity contribution in [1.29, 1.82) is 0 Å². The number of thiazole rings is 1. The van der Waals surface area contributed by atoms with E-state index in [0.29, 0.717) is 5.02 Å². The van der Waals surface area contributed by atoms with Gasteiger partial charge in [0.1, 0.15) is 10.8 Å². The third-order valence-corrected chi connectivity index (χ3v) is 6.42. The first kappa shape index (κ1) is 19.0. The van der Waals surface area contributed by atoms with Gasteiger partial charge in [-0.05, 0) is 48.5 Å². The maximum atomic E-state index is 5.96. The molecule has 0 aliphatic rings. The summed E-state index contributed by atoms with van der Waals surface area (Å²) in [6, 6.07) is 15.5. The SMILES string of the molecule is COc1ccc(-c2nc(CSc3nnc(-c4ccc(Cl)cc4)n3C)cs2)cc1. The third kappa shape index (κ3) is 4.06. The minimum absolute atomic E-state index is 0.705. The van der Waals surface area contributed by atoms with Gasteiger partial charge >= 0.3 is 0 Å². The predicted octanol–water partition coefficient (Wildman–Crippen LogP) is 5.56. The molecule has 0 fully saturated rings. The highest BCUT2D eigenvalue weighted by Gasteiger charge is 2.12. The van der Waals surface area contributed by atoms with Gasteiger partial charge in [-0.3, -0.25) is 0 Å². The van der Waals surface area contributed by atoms with Crippen LogP contribution in [0.5, 0.6) is 5.75 Å². The summed E-state index contributed by atoms with van der Waals surface area (Å²) in [5, 5.41) is 13.3. The second-order valence-corrected chi connectivity index (χ2v) is 8.27. The van der Waals surface area contributed by atoms with Gasteiger partial charge in [0.2, 0.25) is 0 Å². The number of rotatable bonds is 6. The van der Waals surface area contributed by atoms with E-state index in [1.807, 2.05) is 60.1 Å². The zero-order valence-corrected chi connectivity index (χ0v) is 17.7. The lowest BCUT2D eigenvalue weighted by Crippen LogP contribution is -1.95. The van der Waals surface area contributed by atoms with E-state index in [1.165, 1.54) is 0 Å². The Labute approximate surface area is 176 Å². The van der Waals surface area contributed by atoms with Gasteiger partial charge < -0.3 is 9.30 Å². The molecule has 8 heteroatoms. The Hall–Kier alpha value is -2.35. The zero-order chi connectivity index (χ0) is 19.5. The Bertz CT molecular complexity index is 1070. The van der Waals surface area contributed by atoms with Gasteiger partial charge in [0.15, 0.2) is 11.0 Å². The van der Waals surface area contributed by atoms with E-state index in [9.17, 15) is 0 Å². The molecule has 28 heavy (non-hydrogen) atoms. The van der Waals surface area contributed by atoms with Crippen LogP contribution in [0.25, 0.3) is 22.0 Å². The molecule has 0 unspecified atom stereocenters. The van der Waals surface area contributed by atoms with E-state index in [0.717, 1.165) is 44.3 Å². The quantitative estimate of drug-likeness (QED) is 0.376. The van der Waals surface area contributed by atoms with Gasteiger partial charge in [-0.1, -0.05) is 23.4 Å². The summed E-state index contributed by atoms with van der Waals surface area (Å²) in [6.07, 6.45) is 0. The minimum atomic E-state index is 0.705. The lowest BCUT2D eigenvalue weighted by Gasteiger charge is -2.03. The third-order valence-electron chi connectivity index (χ3n) is 4.18. The van der Waals surface area contributed by atoms with Crippen molar-refractivity contribution in [3.05, 3.63) is 64.6 Å². The van der Waals surface area contributed by atoms with Crippen LogP contribution in [0.2, 0.25) is 5.02 Å². The monoisotopic (exact) mass is 428 g/mol. The Morgan fingerprint density at radius 3 is 2.46 bits per heavy atom. The second-order valence-electron chi connectivity index (χ2n) is 6.03. The average Bonchev–Trinajstić information content (AvgIpc) is 3.34. The molecule has 0 saturated heterocycles. The first-order chi connectivity index (χ1) is 13.6. The molecule has 2 aromatic heterocycles. The topological polar surface area (TPSA) is 52.8 Å². The molecule has 0 N–H and O–H groups in total. The molecule has 0 radical (unpaired) electrons. The van der Waals surface area contributed by atoms with Crippen LogP contribution in [0, 0.1) is 0 Å². The molecular weight excluding hydrogens is 412 g/mol. The number of aromatic nitrogens is 4. The van der Waals surface area contributed by atoms with E-state index in [-0.39, 0.29) is 0 Å². The van der Waals surface area contributed by atoms with E-state index in [4.69, 9.17) is 21.3 Å². The Balaban J connectivity index is 1.45. The molecule has 142 valence electrons. The van der Waals surface area contributed by atoms with Gasteiger partial charge in [0.05, 0.1) is 12.8 Å². The zero-order valence-electron chi connectivity index (χ0n) is 15.3. The van der Waals surface area contributed by atoms with E-state index in [2.05, 4.69) is 15.6 Å². The van der Waals surface area contributed by atoms with Gasteiger partial charge in [0, 0.05) is 34.3 Å². The van der Waals surface area contributed by atoms with Gasteiger partial charge in [0.25, 0.3) is 0 Å². The Morgan fingerprint density at radius 1 is 1.04 bits per heavy atom. The van der Waals surface area contributed by atoms with E-state index >= 15 is 0 Å². The highest BCUT2D eigenvalue weighted by Crippen LogP contribution is 2.29. The first-order valence-electron chi connectivity index (χ1n) is 8.51. The molecule has 0 atom stereocenters. The largest absolute Gasteiger partial charge is 0.497 e. The number of hydrogen-bond acceptors (Lipinski definition) is 6. The maximum absolute atomic E-state index is 5.96. The molecule has 2 heterocycles. The van der Waals surface area contributed by atoms with Crippen LogP contribution in [-0.2, 0) is 12.8 Å². The maximum Gasteiger partial charge on any atom is 0.191 e. The Morgan fingerprint density at radius 2 is 1.75 bits per heavy atom. The lowest BCUT2D eigenvalue weighted by molar-refractivity contribution is 0.415. The van der Waals surface area contributed by atoms with Crippen molar-refractivity contribution in [2.75, 3.05) is 7.11 Å². The van der Waals surface area contributed by atoms with Crippen LogP contribution in [-0.4, -0.2) is 26.9 Å². The van der Waals surface area contributed by atoms with Crippen molar-refractivity contribution in [2.24, 2.45) is 7.05 Å². The molecule has 0 spiro atoms. The van der Waals surface area contributed by atoms with Crippen molar-refractivity contribution in [2.45, 2.75) is 10.9 Å². The summed E-state index contributed by atoms with van der Waals surface area (Å²) in [4.78, 5) is 4.74. The fourth-order valence-electron chi connectivity index (χ4n) is 2.67. The number of methoxy groups -OCH3 is 1. The number of benzene rings is 2. The van der Waals surface area contributed by atoms with Gasteiger partial charge in [-0.25, -0.2) is 4.98 Å². The molecule has 0 aliphatic heterocycles. The van der Waals surface area contributed by atoms with Crippen LogP contribution < -0.4 is 4.74 Å². The minimum Gasteiger partial charge on any atom is -0.497 e. The molecule has 4 rings (SSSR count). The fourth-order valence-corrected chi connectivity index (χ4v) is 4.53. The van der Waals surface area contributed by atoms with Crippen molar-refractivity contribution in [3.8, 4) is 27.7 Å². The van der Waals surface area contributed by atoms with Gasteiger partial charge in [-0.2, -0.15) is 0 Å². The lowest BCUT2D eigenvalue weighted by atomic mass is 10.2.